The van der Waals surface area contributed by atoms with E-state index >= 15 is 0 Å². The van der Waals surface area contributed by atoms with Crippen LogP contribution in [-0.2, 0) is 4.79 Å². The van der Waals surface area contributed by atoms with Crippen LogP contribution in [0.15, 0.2) is 11.6 Å². The van der Waals surface area contributed by atoms with Crippen molar-refractivity contribution in [3.63, 3.8) is 0 Å². The molecule has 0 saturated heterocycles. The molecule has 0 unspecified atom stereocenters. The van der Waals surface area contributed by atoms with Crippen molar-refractivity contribution >= 4 is 12.2 Å². The van der Waals surface area contributed by atoms with Crippen LogP contribution in [0.4, 0.5) is 0 Å². The van der Waals surface area contributed by atoms with Gasteiger partial charge in [0, 0.05) is 0 Å². The van der Waals surface area contributed by atoms with E-state index in [1.165, 1.54) is 6.34 Å². The van der Waals surface area contributed by atoms with E-state index in [0.29, 0.717) is 6.42 Å². The fourth-order valence-electron chi connectivity index (χ4n) is 0.174. The number of nitrogens with two attached hydrogens (primary N) is 1. The number of halogens is 1. The molecule has 0 heterocycles. The molecule has 0 atom stereocenters. The van der Waals surface area contributed by atoms with Crippen molar-refractivity contribution in [2.45, 2.75) is 13.3 Å². The second-order valence-corrected chi connectivity index (χ2v) is 2.67. The first kappa shape index (κ1) is 9.47. The van der Waals surface area contributed by atoms with Gasteiger partial charge >= 0.3 is 69.5 Å². The number of amides is 1. The Labute approximate surface area is 69.8 Å². The van der Waals surface area contributed by atoms with Crippen molar-refractivity contribution in [2.75, 3.05) is 0 Å². The van der Waals surface area contributed by atoms with Gasteiger partial charge in [-0.1, -0.05) is 0 Å². The summed E-state index contributed by atoms with van der Waals surface area (Å²) in [5.74, 6) is -0.216. The molecule has 0 aromatic rings. The zero-order valence-electron chi connectivity index (χ0n) is 5.49. The normalized spacial score (nSPS) is 11.7. The van der Waals surface area contributed by atoms with Crippen LogP contribution in [0, 0.1) is 0 Å². The van der Waals surface area contributed by atoms with Crippen molar-refractivity contribution in [1.82, 2.24) is 0 Å². The second-order valence-electron chi connectivity index (χ2n) is 1.25. The fraction of sp³-hybridized carbons (Fsp3) is 0.500. The Kier molecular flexibility index (Phi) is 6.24. The minimum atomic E-state index is -0.733. The molecule has 0 aliphatic rings. The van der Waals surface area contributed by atoms with E-state index in [1.54, 1.807) is 6.92 Å². The molecule has 0 aliphatic heterocycles. The van der Waals surface area contributed by atoms with E-state index in [4.69, 9.17) is 5.73 Å². The van der Waals surface area contributed by atoms with Crippen molar-refractivity contribution in [2.24, 2.45) is 17.4 Å². The number of carbonyl (C=O) groups is 1. The Morgan fingerprint density at radius 2 is 2.50 bits per heavy atom. The van der Waals surface area contributed by atoms with Crippen LogP contribution in [0.1, 0.15) is 13.3 Å². The molecule has 0 bridgehead atoms. The van der Waals surface area contributed by atoms with Crippen molar-refractivity contribution < 1.29 is 26.5 Å². The Balaban J connectivity index is 3.45. The van der Waals surface area contributed by atoms with E-state index in [9.17, 15) is 4.79 Å². The standard InChI is InChI=1S/C4H8IN4O/c1-2-4(10)8-9-5-7-3-6/h3H,2H2,1H3,(H2,6,7)/q-1. The van der Waals surface area contributed by atoms with E-state index in [-0.39, 0.29) is 5.91 Å². The van der Waals surface area contributed by atoms with Crippen LogP contribution < -0.4 is 27.5 Å². The van der Waals surface area contributed by atoms with E-state index in [1.807, 2.05) is 0 Å². The van der Waals surface area contributed by atoms with E-state index < -0.39 is 21.8 Å². The van der Waals surface area contributed by atoms with Crippen LogP contribution >= 0.6 is 0 Å². The predicted molar refractivity (Wildman–Crippen MR) is 32.8 cm³/mol. The van der Waals surface area contributed by atoms with Crippen LogP contribution in [0.3, 0.4) is 0 Å². The van der Waals surface area contributed by atoms with Gasteiger partial charge in [-0.05, 0) is 0 Å². The van der Waals surface area contributed by atoms with E-state index in [2.05, 4.69) is 11.6 Å². The second kappa shape index (κ2) is 6.59. The summed E-state index contributed by atoms with van der Waals surface area (Å²) in [5, 5.41) is 3.35. The molecule has 0 saturated carbocycles. The van der Waals surface area contributed by atoms with Gasteiger partial charge in [0.1, 0.15) is 0 Å². The summed E-state index contributed by atoms with van der Waals surface area (Å²) in [4.78, 5) is 10.4. The van der Waals surface area contributed by atoms with Gasteiger partial charge in [-0.3, -0.25) is 0 Å². The Morgan fingerprint density at radius 1 is 1.80 bits per heavy atom. The predicted octanol–water partition coefficient (Wildman–Crippen LogP) is -2.72. The van der Waals surface area contributed by atoms with Crippen LogP contribution in [0.2, 0.25) is 0 Å². The average Bonchev–Trinajstić information content (AvgIpc) is 1.98. The Hall–Kier alpha value is -0.530. The Bertz CT molecular complexity index is 155. The molecule has 1 amide bonds. The van der Waals surface area contributed by atoms with Crippen molar-refractivity contribution in [1.29, 1.82) is 0 Å². The van der Waals surface area contributed by atoms with Gasteiger partial charge in [-0.15, -0.1) is 0 Å². The fourth-order valence-corrected chi connectivity index (χ4v) is 0.767. The topological polar surface area (TPSA) is 80.2 Å². The first-order chi connectivity index (χ1) is 4.81. The van der Waals surface area contributed by atoms with Crippen molar-refractivity contribution in [3.8, 4) is 0 Å². The third-order valence-corrected chi connectivity index (χ3v) is 1.57. The monoisotopic (exact) mass is 255 g/mol. The summed E-state index contributed by atoms with van der Waals surface area (Å²) in [6.45, 7) is 1.73. The molecule has 2 N–H and O–H groups in total. The van der Waals surface area contributed by atoms with Gasteiger partial charge in [0.2, 0.25) is 0 Å². The quantitative estimate of drug-likeness (QED) is 0.257. The molecule has 5 nitrogen and oxygen atoms in total. The van der Waals surface area contributed by atoms with Gasteiger partial charge < -0.3 is 0 Å². The third-order valence-electron chi connectivity index (χ3n) is 0.586. The van der Waals surface area contributed by atoms with Gasteiger partial charge in [0.05, 0.1) is 0 Å². The Morgan fingerprint density at radius 3 is 3.00 bits per heavy atom. The minimum absolute atomic E-state index is 0.216. The van der Waals surface area contributed by atoms with Crippen LogP contribution in [0.5, 0.6) is 0 Å². The number of hydrogen-bond acceptors (Lipinski definition) is 3. The summed E-state index contributed by atoms with van der Waals surface area (Å²) in [5.41, 5.74) is 4.93. The summed E-state index contributed by atoms with van der Waals surface area (Å²) < 4.78 is 7.17. The molecule has 0 aliphatic carbocycles. The molecule has 0 radical (unpaired) electrons. The number of nitrogens with zero attached hydrogens (tertiary/aromatic N) is 3. The van der Waals surface area contributed by atoms with Crippen LogP contribution in [-0.4, -0.2) is 12.2 Å². The first-order valence-corrected chi connectivity index (χ1v) is 4.55. The SMILES string of the molecule is CCC(=O)N=N[I-]N=CN. The number of carbonyl (C=O) groups excluding carboxylic acids is 1. The molecule has 10 heavy (non-hydrogen) atoms. The summed E-state index contributed by atoms with van der Waals surface area (Å²) >= 11 is -0.733. The van der Waals surface area contributed by atoms with Gasteiger partial charge in [-0.2, -0.15) is 0 Å². The molecule has 0 spiro atoms. The molecule has 58 valence electrons. The zero-order valence-corrected chi connectivity index (χ0v) is 7.65. The molecular weight excluding hydrogens is 247 g/mol. The summed E-state index contributed by atoms with van der Waals surface area (Å²) in [6.07, 6.45) is 1.56. The average molecular weight is 255 g/mol. The molecule has 6 heteroatoms. The van der Waals surface area contributed by atoms with E-state index in [0.717, 1.165) is 0 Å². The molecular formula is C4H8IN4O-. The molecule has 0 rings (SSSR count). The number of hydrogen-bond donors (Lipinski definition) is 1. The van der Waals surface area contributed by atoms with Gasteiger partial charge in [-0.25, -0.2) is 0 Å². The summed E-state index contributed by atoms with van der Waals surface area (Å²) in [6, 6.07) is 0. The van der Waals surface area contributed by atoms with Gasteiger partial charge in [0.25, 0.3) is 0 Å². The first-order valence-electron chi connectivity index (χ1n) is 2.62. The molecule has 0 fully saturated rings. The third kappa shape index (κ3) is 5.60. The van der Waals surface area contributed by atoms with Crippen LogP contribution in [0.25, 0.3) is 0 Å². The molecule has 0 aromatic carbocycles. The molecule has 0 aromatic heterocycles. The number of rotatable bonds is 3. The van der Waals surface area contributed by atoms with Gasteiger partial charge in [0.15, 0.2) is 0 Å². The maximum absolute atomic E-state index is 10.4. The summed E-state index contributed by atoms with van der Waals surface area (Å²) in [7, 11) is 0. The van der Waals surface area contributed by atoms with Crippen molar-refractivity contribution in [3.05, 3.63) is 0 Å². The maximum atomic E-state index is 10.4. The zero-order chi connectivity index (χ0) is 7.82.